The SMILES string of the molecule is COc1ccc([C@H]2NC(=O)CO[C@@H]2C(=O)N(C)Cc2ccn[nH]2)cc1OC. The number of benzene rings is 1. The van der Waals surface area contributed by atoms with E-state index >= 15 is 0 Å². The summed E-state index contributed by atoms with van der Waals surface area (Å²) in [6, 6.07) is 6.39. The van der Waals surface area contributed by atoms with Crippen molar-refractivity contribution in [2.75, 3.05) is 27.9 Å². The Hall–Kier alpha value is -3.07. The predicted octanol–water partition coefficient (Wildman–Crippen LogP) is 0.642. The molecule has 0 spiro atoms. The van der Waals surface area contributed by atoms with Crippen molar-refractivity contribution in [1.29, 1.82) is 0 Å². The van der Waals surface area contributed by atoms with E-state index in [2.05, 4.69) is 15.5 Å². The van der Waals surface area contributed by atoms with E-state index < -0.39 is 12.1 Å². The van der Waals surface area contributed by atoms with Crippen LogP contribution in [0.2, 0.25) is 0 Å². The van der Waals surface area contributed by atoms with Crippen LogP contribution >= 0.6 is 0 Å². The molecule has 27 heavy (non-hydrogen) atoms. The largest absolute Gasteiger partial charge is 0.493 e. The van der Waals surface area contributed by atoms with Crippen molar-refractivity contribution in [1.82, 2.24) is 20.4 Å². The highest BCUT2D eigenvalue weighted by molar-refractivity contribution is 5.86. The summed E-state index contributed by atoms with van der Waals surface area (Å²) in [4.78, 5) is 26.4. The quantitative estimate of drug-likeness (QED) is 0.769. The Morgan fingerprint density at radius 2 is 2.07 bits per heavy atom. The van der Waals surface area contributed by atoms with Crippen LogP contribution in [-0.2, 0) is 20.9 Å². The number of methoxy groups -OCH3 is 2. The minimum atomic E-state index is -0.853. The zero-order chi connectivity index (χ0) is 19.4. The number of hydrogen-bond acceptors (Lipinski definition) is 6. The molecule has 1 saturated heterocycles. The number of hydrogen-bond donors (Lipinski definition) is 2. The van der Waals surface area contributed by atoms with Crippen molar-refractivity contribution in [3.05, 3.63) is 41.7 Å². The highest BCUT2D eigenvalue weighted by Gasteiger charge is 2.38. The standard InChI is InChI=1S/C18H22N4O5/c1-22(9-12-6-7-19-21-12)18(24)17-16(20-15(23)10-27-17)11-4-5-13(25-2)14(8-11)26-3/h4-8,16-17H,9-10H2,1-3H3,(H,19,21)(H,20,23)/t16-,17+/m1/s1. The third kappa shape index (κ3) is 4.03. The van der Waals surface area contributed by atoms with E-state index in [0.717, 1.165) is 5.69 Å². The highest BCUT2D eigenvalue weighted by atomic mass is 16.5. The van der Waals surface area contributed by atoms with Crippen LogP contribution in [0.25, 0.3) is 0 Å². The molecule has 2 aromatic rings. The number of ether oxygens (including phenoxy) is 3. The Balaban J connectivity index is 1.84. The Morgan fingerprint density at radius 3 is 2.74 bits per heavy atom. The van der Waals surface area contributed by atoms with Gasteiger partial charge in [0.1, 0.15) is 6.61 Å². The number of aromatic nitrogens is 2. The first-order valence-corrected chi connectivity index (χ1v) is 8.39. The molecule has 2 amide bonds. The summed E-state index contributed by atoms with van der Waals surface area (Å²) < 4.78 is 16.2. The summed E-state index contributed by atoms with van der Waals surface area (Å²) in [6.07, 6.45) is 0.769. The molecule has 9 nitrogen and oxygen atoms in total. The van der Waals surface area contributed by atoms with E-state index in [1.54, 1.807) is 44.6 Å². The lowest BCUT2D eigenvalue weighted by Crippen LogP contribution is -2.52. The highest BCUT2D eigenvalue weighted by Crippen LogP contribution is 2.32. The number of amides is 2. The Bertz CT molecular complexity index is 808. The Morgan fingerprint density at radius 1 is 1.30 bits per heavy atom. The Kier molecular flexibility index (Phi) is 5.60. The van der Waals surface area contributed by atoms with Crippen LogP contribution in [0.5, 0.6) is 11.5 Å². The van der Waals surface area contributed by atoms with Gasteiger partial charge in [-0.1, -0.05) is 6.07 Å². The molecule has 9 heteroatoms. The normalized spacial score (nSPS) is 19.3. The van der Waals surface area contributed by atoms with Crippen molar-refractivity contribution in [3.63, 3.8) is 0 Å². The van der Waals surface area contributed by atoms with Gasteiger partial charge in [-0.05, 0) is 23.8 Å². The summed E-state index contributed by atoms with van der Waals surface area (Å²) in [5.41, 5.74) is 1.49. The lowest BCUT2D eigenvalue weighted by atomic mass is 9.98. The smallest absolute Gasteiger partial charge is 0.254 e. The van der Waals surface area contributed by atoms with Gasteiger partial charge in [0.05, 0.1) is 32.5 Å². The molecule has 1 aromatic heterocycles. The van der Waals surface area contributed by atoms with Crippen LogP contribution in [0.3, 0.4) is 0 Å². The number of morpholine rings is 1. The molecular formula is C18H22N4O5. The van der Waals surface area contributed by atoms with E-state index in [1.807, 2.05) is 0 Å². The lowest BCUT2D eigenvalue weighted by Gasteiger charge is -2.34. The number of nitrogens with one attached hydrogen (secondary N) is 2. The van der Waals surface area contributed by atoms with E-state index in [9.17, 15) is 9.59 Å². The molecule has 0 radical (unpaired) electrons. The number of rotatable bonds is 6. The third-order valence-corrected chi connectivity index (χ3v) is 4.37. The lowest BCUT2D eigenvalue weighted by molar-refractivity contribution is -0.154. The van der Waals surface area contributed by atoms with Crippen molar-refractivity contribution < 1.29 is 23.8 Å². The molecule has 2 N–H and O–H groups in total. The molecule has 0 unspecified atom stereocenters. The average molecular weight is 374 g/mol. The zero-order valence-corrected chi connectivity index (χ0v) is 15.4. The van der Waals surface area contributed by atoms with Crippen molar-refractivity contribution >= 4 is 11.8 Å². The number of likely N-dealkylation sites (N-methyl/N-ethyl adjacent to an activating group) is 1. The first kappa shape index (κ1) is 18.7. The summed E-state index contributed by atoms with van der Waals surface area (Å²) in [5.74, 6) is 0.537. The first-order chi connectivity index (χ1) is 13.0. The second-order valence-corrected chi connectivity index (χ2v) is 6.17. The van der Waals surface area contributed by atoms with Gasteiger partial charge in [0, 0.05) is 13.2 Å². The molecule has 2 heterocycles. The second kappa shape index (κ2) is 8.09. The molecule has 3 rings (SSSR count). The fraction of sp³-hybridized carbons (Fsp3) is 0.389. The molecule has 0 saturated carbocycles. The van der Waals surface area contributed by atoms with Crippen LogP contribution < -0.4 is 14.8 Å². The number of H-pyrrole nitrogens is 1. The van der Waals surface area contributed by atoms with Crippen LogP contribution in [0, 0.1) is 0 Å². The monoisotopic (exact) mass is 374 g/mol. The van der Waals surface area contributed by atoms with E-state index in [0.29, 0.717) is 23.6 Å². The summed E-state index contributed by atoms with van der Waals surface area (Å²) >= 11 is 0. The van der Waals surface area contributed by atoms with Gasteiger partial charge in [0.2, 0.25) is 5.91 Å². The molecule has 1 aliphatic heterocycles. The maximum atomic E-state index is 13.0. The Labute approximate surface area is 156 Å². The predicted molar refractivity (Wildman–Crippen MR) is 95.2 cm³/mol. The van der Waals surface area contributed by atoms with Crippen LogP contribution in [0.15, 0.2) is 30.5 Å². The van der Waals surface area contributed by atoms with Gasteiger partial charge in [-0.15, -0.1) is 0 Å². The van der Waals surface area contributed by atoms with Crippen molar-refractivity contribution in [3.8, 4) is 11.5 Å². The minimum Gasteiger partial charge on any atom is -0.493 e. The van der Waals surface area contributed by atoms with Gasteiger partial charge in [-0.25, -0.2) is 0 Å². The van der Waals surface area contributed by atoms with E-state index in [-0.39, 0.29) is 18.4 Å². The summed E-state index contributed by atoms with van der Waals surface area (Å²) in [6.45, 7) is 0.184. The van der Waals surface area contributed by atoms with E-state index in [4.69, 9.17) is 14.2 Å². The van der Waals surface area contributed by atoms with Gasteiger partial charge in [-0.2, -0.15) is 5.10 Å². The number of aromatic amines is 1. The molecule has 1 aromatic carbocycles. The number of nitrogens with zero attached hydrogens (tertiary/aromatic N) is 2. The molecular weight excluding hydrogens is 352 g/mol. The minimum absolute atomic E-state index is 0.169. The van der Waals surface area contributed by atoms with Gasteiger partial charge in [0.15, 0.2) is 17.6 Å². The molecule has 1 fully saturated rings. The van der Waals surface area contributed by atoms with Gasteiger partial charge < -0.3 is 24.4 Å². The molecule has 1 aliphatic rings. The first-order valence-electron chi connectivity index (χ1n) is 8.39. The maximum Gasteiger partial charge on any atom is 0.254 e. The van der Waals surface area contributed by atoms with E-state index in [1.165, 1.54) is 12.0 Å². The number of carbonyl (C=O) groups excluding carboxylic acids is 2. The van der Waals surface area contributed by atoms with Crippen LogP contribution in [-0.4, -0.2) is 60.9 Å². The second-order valence-electron chi connectivity index (χ2n) is 6.17. The summed E-state index contributed by atoms with van der Waals surface area (Å²) in [5, 5.41) is 9.53. The fourth-order valence-electron chi connectivity index (χ4n) is 2.99. The number of carbonyl (C=O) groups is 2. The van der Waals surface area contributed by atoms with Crippen LogP contribution in [0.4, 0.5) is 0 Å². The van der Waals surface area contributed by atoms with Gasteiger partial charge in [0.25, 0.3) is 5.91 Å². The third-order valence-electron chi connectivity index (χ3n) is 4.37. The van der Waals surface area contributed by atoms with Crippen molar-refractivity contribution in [2.24, 2.45) is 0 Å². The fourth-order valence-corrected chi connectivity index (χ4v) is 2.99. The van der Waals surface area contributed by atoms with Crippen LogP contribution in [0.1, 0.15) is 17.3 Å². The molecule has 144 valence electrons. The summed E-state index contributed by atoms with van der Waals surface area (Å²) in [7, 11) is 4.74. The molecule has 0 aliphatic carbocycles. The molecule has 2 atom stereocenters. The average Bonchev–Trinajstić information content (AvgIpc) is 3.19. The topological polar surface area (TPSA) is 106 Å². The van der Waals surface area contributed by atoms with Crippen molar-refractivity contribution in [2.45, 2.75) is 18.7 Å². The zero-order valence-electron chi connectivity index (χ0n) is 15.4. The van der Waals surface area contributed by atoms with Gasteiger partial charge in [-0.3, -0.25) is 14.7 Å². The molecule has 0 bridgehead atoms. The maximum absolute atomic E-state index is 13.0. The van der Waals surface area contributed by atoms with Gasteiger partial charge >= 0.3 is 0 Å².